The molecule has 3 aromatic rings. The van der Waals surface area contributed by atoms with Gasteiger partial charge >= 0.3 is 0 Å². The molecular formula is C22H21N3O2S. The van der Waals surface area contributed by atoms with Gasteiger partial charge in [0.15, 0.2) is 0 Å². The minimum Gasteiger partial charge on any atom is -0.342 e. The maximum Gasteiger partial charge on any atom is 0.294 e. The van der Waals surface area contributed by atoms with Crippen LogP contribution >= 0.6 is 11.8 Å². The Labute approximate surface area is 168 Å². The minimum atomic E-state index is -0.233. The number of benzene rings is 2. The Morgan fingerprint density at radius 2 is 1.71 bits per heavy atom. The lowest BCUT2D eigenvalue weighted by Gasteiger charge is -2.17. The molecule has 0 bridgehead atoms. The number of imide groups is 1. The van der Waals surface area contributed by atoms with Crippen LogP contribution in [-0.2, 0) is 11.3 Å². The van der Waals surface area contributed by atoms with E-state index in [4.69, 9.17) is 0 Å². The molecule has 2 aromatic carbocycles. The lowest BCUT2D eigenvalue weighted by atomic mass is 10.1. The van der Waals surface area contributed by atoms with Gasteiger partial charge in [0, 0.05) is 29.2 Å². The van der Waals surface area contributed by atoms with Crippen LogP contribution in [0.1, 0.15) is 11.1 Å². The van der Waals surface area contributed by atoms with Gasteiger partial charge in [-0.05, 0) is 43.6 Å². The van der Waals surface area contributed by atoms with E-state index in [9.17, 15) is 9.59 Å². The predicted octanol–water partition coefficient (Wildman–Crippen LogP) is 4.25. The second-order valence-electron chi connectivity index (χ2n) is 7.05. The van der Waals surface area contributed by atoms with Crippen LogP contribution in [0.5, 0.6) is 0 Å². The fourth-order valence-corrected chi connectivity index (χ4v) is 4.17. The molecular weight excluding hydrogens is 370 g/mol. The van der Waals surface area contributed by atoms with Crippen LogP contribution in [-0.4, -0.2) is 46.3 Å². The molecule has 142 valence electrons. The molecule has 0 atom stereocenters. The quantitative estimate of drug-likeness (QED) is 0.610. The van der Waals surface area contributed by atoms with E-state index in [1.165, 1.54) is 10.5 Å². The molecule has 2 amide bonds. The molecule has 0 N–H and O–H groups in total. The van der Waals surface area contributed by atoms with E-state index in [0.717, 1.165) is 34.8 Å². The Bertz CT molecular complexity index is 1070. The van der Waals surface area contributed by atoms with Gasteiger partial charge in [0.25, 0.3) is 11.1 Å². The third kappa shape index (κ3) is 3.61. The van der Waals surface area contributed by atoms with Crippen LogP contribution < -0.4 is 0 Å². The molecule has 5 nitrogen and oxygen atoms in total. The van der Waals surface area contributed by atoms with Crippen molar-refractivity contribution in [3.05, 3.63) is 76.8 Å². The third-order valence-corrected chi connectivity index (χ3v) is 5.51. The van der Waals surface area contributed by atoms with E-state index < -0.39 is 0 Å². The second kappa shape index (κ2) is 7.66. The molecule has 1 fully saturated rings. The highest BCUT2D eigenvalue weighted by Gasteiger charge is 2.35. The molecule has 0 saturated carbocycles. The molecule has 1 aliphatic heterocycles. The first-order valence-electron chi connectivity index (χ1n) is 9.05. The van der Waals surface area contributed by atoms with Crippen LogP contribution in [0.3, 0.4) is 0 Å². The zero-order valence-corrected chi connectivity index (χ0v) is 16.6. The summed E-state index contributed by atoms with van der Waals surface area (Å²) in [6.45, 7) is 1.04. The van der Waals surface area contributed by atoms with Crippen molar-refractivity contribution in [3.8, 4) is 0 Å². The van der Waals surface area contributed by atoms with E-state index in [-0.39, 0.29) is 17.8 Å². The lowest BCUT2D eigenvalue weighted by molar-refractivity contribution is -0.123. The largest absolute Gasteiger partial charge is 0.342 e. The molecule has 4 rings (SSSR count). The summed E-state index contributed by atoms with van der Waals surface area (Å²) in [7, 11) is 3.67. The van der Waals surface area contributed by atoms with Crippen molar-refractivity contribution in [2.45, 2.75) is 6.54 Å². The van der Waals surface area contributed by atoms with Crippen molar-refractivity contribution in [2.24, 2.45) is 0 Å². The number of nitrogens with zero attached hydrogens (tertiary/aromatic N) is 3. The van der Waals surface area contributed by atoms with E-state index in [1.54, 1.807) is 0 Å². The number of fused-ring (bicyclic) bond motifs is 1. The maximum atomic E-state index is 12.7. The Hall–Kier alpha value is -2.83. The SMILES string of the molecule is CN(C)CN1C(=O)S/C(=C\c2cn(Cc3ccccc3)c3ccccc23)C1=O. The number of thioether (sulfide) groups is 1. The second-order valence-corrected chi connectivity index (χ2v) is 8.04. The Kier molecular flexibility index (Phi) is 5.07. The van der Waals surface area contributed by atoms with Crippen LogP contribution in [0.25, 0.3) is 17.0 Å². The molecule has 1 aliphatic rings. The standard InChI is InChI=1S/C22H21N3O2S/c1-23(2)15-25-21(26)20(28-22(25)27)12-17-14-24(13-16-8-4-3-5-9-16)19-11-7-6-10-18(17)19/h3-12,14H,13,15H2,1-2H3/b20-12-. The topological polar surface area (TPSA) is 45.5 Å². The number of aromatic nitrogens is 1. The lowest BCUT2D eigenvalue weighted by Crippen LogP contribution is -2.36. The number of hydrogen-bond donors (Lipinski definition) is 0. The summed E-state index contributed by atoms with van der Waals surface area (Å²) in [5.74, 6) is -0.233. The summed E-state index contributed by atoms with van der Waals surface area (Å²) < 4.78 is 2.18. The number of carbonyl (C=O) groups excluding carboxylic acids is 2. The van der Waals surface area contributed by atoms with Crippen molar-refractivity contribution in [2.75, 3.05) is 20.8 Å². The van der Waals surface area contributed by atoms with Gasteiger partial charge in [-0.2, -0.15) is 0 Å². The fraction of sp³-hybridized carbons (Fsp3) is 0.182. The molecule has 0 unspecified atom stereocenters. The molecule has 0 radical (unpaired) electrons. The first-order chi connectivity index (χ1) is 13.5. The summed E-state index contributed by atoms with van der Waals surface area (Å²) in [5, 5.41) is 0.843. The highest BCUT2D eigenvalue weighted by atomic mass is 32.2. The van der Waals surface area contributed by atoms with Crippen LogP contribution in [0.4, 0.5) is 4.79 Å². The van der Waals surface area contributed by atoms with Gasteiger partial charge in [0.2, 0.25) is 0 Å². The maximum absolute atomic E-state index is 12.7. The van der Waals surface area contributed by atoms with Crippen molar-refractivity contribution < 1.29 is 9.59 Å². The van der Waals surface area contributed by atoms with Crippen LogP contribution in [0, 0.1) is 0 Å². The van der Waals surface area contributed by atoms with E-state index in [0.29, 0.717) is 4.91 Å². The van der Waals surface area contributed by atoms with Gasteiger partial charge in [-0.25, -0.2) is 0 Å². The van der Waals surface area contributed by atoms with E-state index >= 15 is 0 Å². The zero-order chi connectivity index (χ0) is 19.7. The number of carbonyl (C=O) groups is 2. The van der Waals surface area contributed by atoms with E-state index in [2.05, 4.69) is 29.0 Å². The predicted molar refractivity (Wildman–Crippen MR) is 114 cm³/mol. The Balaban J connectivity index is 1.71. The van der Waals surface area contributed by atoms with Crippen molar-refractivity contribution in [1.29, 1.82) is 0 Å². The summed E-state index contributed by atoms with van der Waals surface area (Å²) in [6, 6.07) is 18.4. The Morgan fingerprint density at radius 3 is 2.46 bits per heavy atom. The van der Waals surface area contributed by atoms with Gasteiger partial charge < -0.3 is 4.57 Å². The van der Waals surface area contributed by atoms with Crippen LogP contribution in [0.2, 0.25) is 0 Å². The van der Waals surface area contributed by atoms with Gasteiger partial charge in [-0.3, -0.25) is 19.4 Å². The highest BCUT2D eigenvalue weighted by molar-refractivity contribution is 8.18. The van der Waals surface area contributed by atoms with E-state index in [1.807, 2.05) is 61.5 Å². The first-order valence-corrected chi connectivity index (χ1v) is 9.86. The number of amides is 2. The molecule has 2 heterocycles. The van der Waals surface area contributed by atoms with Crippen molar-refractivity contribution >= 4 is 39.9 Å². The average Bonchev–Trinajstić information content (AvgIpc) is 3.15. The van der Waals surface area contributed by atoms with Crippen LogP contribution in [0.15, 0.2) is 65.7 Å². The molecule has 6 heteroatoms. The molecule has 0 spiro atoms. The molecule has 1 aromatic heterocycles. The Morgan fingerprint density at radius 1 is 1.00 bits per heavy atom. The first kappa shape index (κ1) is 18.5. The minimum absolute atomic E-state index is 0.224. The zero-order valence-electron chi connectivity index (χ0n) is 15.8. The molecule has 0 aliphatic carbocycles. The molecule has 28 heavy (non-hydrogen) atoms. The average molecular weight is 391 g/mol. The third-order valence-electron chi connectivity index (χ3n) is 4.60. The summed E-state index contributed by atoms with van der Waals surface area (Å²) in [5.41, 5.74) is 3.26. The monoisotopic (exact) mass is 391 g/mol. The van der Waals surface area contributed by atoms with Gasteiger partial charge in [0.05, 0.1) is 11.6 Å². The van der Waals surface area contributed by atoms with Gasteiger partial charge in [-0.15, -0.1) is 0 Å². The summed E-state index contributed by atoms with van der Waals surface area (Å²) >= 11 is 1.00. The van der Waals surface area contributed by atoms with Crippen molar-refractivity contribution in [3.63, 3.8) is 0 Å². The number of hydrogen-bond acceptors (Lipinski definition) is 4. The summed E-state index contributed by atoms with van der Waals surface area (Å²) in [4.78, 5) is 28.5. The fourth-order valence-electron chi connectivity index (χ4n) is 3.35. The highest BCUT2D eigenvalue weighted by Crippen LogP contribution is 2.34. The van der Waals surface area contributed by atoms with Gasteiger partial charge in [0.1, 0.15) is 0 Å². The smallest absolute Gasteiger partial charge is 0.294 e. The van der Waals surface area contributed by atoms with Crippen molar-refractivity contribution in [1.82, 2.24) is 14.4 Å². The number of para-hydroxylation sites is 1. The normalized spacial score (nSPS) is 16.1. The summed E-state index contributed by atoms with van der Waals surface area (Å²) in [6.07, 6.45) is 3.89. The van der Waals surface area contributed by atoms with Gasteiger partial charge in [-0.1, -0.05) is 48.5 Å². The number of rotatable bonds is 5. The molecule has 1 saturated heterocycles.